The van der Waals surface area contributed by atoms with Crippen LogP contribution in [0, 0.1) is 0 Å². The number of hydrogen-bond donors (Lipinski definition) is 0. The molecule has 74 valence electrons. The molecule has 0 radical (unpaired) electrons. The summed E-state index contributed by atoms with van der Waals surface area (Å²) >= 11 is 0. The van der Waals surface area contributed by atoms with Crippen LogP contribution in [-0.2, 0) is 4.74 Å². The van der Waals surface area contributed by atoms with Gasteiger partial charge in [-0.15, -0.1) is 0 Å². The zero-order valence-electron chi connectivity index (χ0n) is 8.36. The molecule has 0 amide bonds. The quantitative estimate of drug-likeness (QED) is 0.719. The van der Waals surface area contributed by atoms with E-state index >= 15 is 0 Å². The second kappa shape index (κ2) is 3.33. The first kappa shape index (κ1) is 9.06. The second-order valence-corrected chi connectivity index (χ2v) is 3.90. The van der Waals surface area contributed by atoms with Crippen LogP contribution in [0.4, 0.5) is 0 Å². The van der Waals surface area contributed by atoms with Gasteiger partial charge in [-0.3, -0.25) is 0 Å². The van der Waals surface area contributed by atoms with Gasteiger partial charge < -0.3 is 9.15 Å². The predicted octanol–water partition coefficient (Wildman–Crippen LogP) is 2.50. The number of rotatable bonds is 2. The van der Waals surface area contributed by atoms with Crippen LogP contribution in [0.2, 0.25) is 0 Å². The maximum atomic E-state index is 5.39. The fourth-order valence-electron chi connectivity index (χ4n) is 1.24. The highest BCUT2D eigenvalue weighted by atomic mass is 16.5. The van der Waals surface area contributed by atoms with Crippen molar-refractivity contribution in [1.82, 2.24) is 0 Å². The van der Waals surface area contributed by atoms with Crippen LogP contribution in [0.15, 0.2) is 33.9 Å². The molecule has 0 aliphatic carbocycles. The van der Waals surface area contributed by atoms with E-state index in [2.05, 4.69) is 4.99 Å². The van der Waals surface area contributed by atoms with Crippen molar-refractivity contribution in [3.63, 3.8) is 0 Å². The van der Waals surface area contributed by atoms with Gasteiger partial charge in [-0.05, 0) is 32.1 Å². The fraction of sp³-hybridized carbons (Fsp3) is 0.364. The summed E-state index contributed by atoms with van der Waals surface area (Å²) in [6, 6.07) is 3.73. The molecule has 1 aromatic heterocycles. The first-order chi connectivity index (χ1) is 6.66. The molecule has 0 unspecified atom stereocenters. The number of nitrogens with zero attached hydrogens (tertiary/aromatic N) is 1. The lowest BCUT2D eigenvalue weighted by Gasteiger charge is -2.07. The van der Waals surface area contributed by atoms with E-state index in [1.807, 2.05) is 38.1 Å². The van der Waals surface area contributed by atoms with Gasteiger partial charge in [0.15, 0.2) is 0 Å². The lowest BCUT2D eigenvalue weighted by atomic mass is 10.1. The SMILES string of the molecule is CC1(C)COC(C=Cc2ccco2)=N1. The van der Waals surface area contributed by atoms with Gasteiger partial charge in [0.05, 0.1) is 11.8 Å². The van der Waals surface area contributed by atoms with Gasteiger partial charge in [0, 0.05) is 6.08 Å². The summed E-state index contributed by atoms with van der Waals surface area (Å²) in [7, 11) is 0. The summed E-state index contributed by atoms with van der Waals surface area (Å²) in [6.45, 7) is 4.73. The van der Waals surface area contributed by atoms with Gasteiger partial charge in [-0.2, -0.15) is 0 Å². The van der Waals surface area contributed by atoms with Crippen LogP contribution >= 0.6 is 0 Å². The largest absolute Gasteiger partial charge is 0.475 e. The highest BCUT2D eigenvalue weighted by Gasteiger charge is 2.24. The van der Waals surface area contributed by atoms with Crippen molar-refractivity contribution in [3.05, 3.63) is 30.2 Å². The standard InChI is InChI=1S/C11H13NO2/c1-11(2)8-14-10(12-11)6-5-9-4-3-7-13-9/h3-7H,8H2,1-2H3. The molecule has 1 aliphatic heterocycles. The Morgan fingerprint density at radius 1 is 1.43 bits per heavy atom. The zero-order valence-corrected chi connectivity index (χ0v) is 8.36. The van der Waals surface area contributed by atoms with Crippen LogP contribution < -0.4 is 0 Å². The predicted molar refractivity (Wildman–Crippen MR) is 55.2 cm³/mol. The molecule has 1 aliphatic rings. The second-order valence-electron chi connectivity index (χ2n) is 3.90. The smallest absolute Gasteiger partial charge is 0.209 e. The minimum Gasteiger partial charge on any atom is -0.475 e. The Labute approximate surface area is 83.1 Å². The molecule has 0 bridgehead atoms. The van der Waals surface area contributed by atoms with Gasteiger partial charge in [0.2, 0.25) is 5.90 Å². The van der Waals surface area contributed by atoms with E-state index in [0.717, 1.165) is 5.76 Å². The molecule has 0 fully saturated rings. The fourth-order valence-corrected chi connectivity index (χ4v) is 1.24. The van der Waals surface area contributed by atoms with E-state index in [9.17, 15) is 0 Å². The Morgan fingerprint density at radius 3 is 2.86 bits per heavy atom. The Hall–Kier alpha value is -1.51. The summed E-state index contributed by atoms with van der Waals surface area (Å²) in [5, 5.41) is 0. The van der Waals surface area contributed by atoms with Crippen molar-refractivity contribution < 1.29 is 9.15 Å². The first-order valence-corrected chi connectivity index (χ1v) is 4.60. The van der Waals surface area contributed by atoms with E-state index in [4.69, 9.17) is 9.15 Å². The Morgan fingerprint density at radius 2 is 2.29 bits per heavy atom. The van der Waals surface area contributed by atoms with E-state index in [0.29, 0.717) is 12.5 Å². The monoisotopic (exact) mass is 191 g/mol. The van der Waals surface area contributed by atoms with Crippen LogP contribution in [0.25, 0.3) is 6.08 Å². The molecule has 0 N–H and O–H groups in total. The third-order valence-corrected chi connectivity index (χ3v) is 1.92. The third kappa shape index (κ3) is 2.05. The van der Waals surface area contributed by atoms with Gasteiger partial charge in [-0.25, -0.2) is 4.99 Å². The average molecular weight is 191 g/mol. The average Bonchev–Trinajstić information content (AvgIpc) is 2.70. The maximum absolute atomic E-state index is 5.39. The molecule has 0 spiro atoms. The van der Waals surface area contributed by atoms with E-state index < -0.39 is 0 Å². The Kier molecular flexibility index (Phi) is 2.15. The third-order valence-electron chi connectivity index (χ3n) is 1.92. The molecule has 0 aromatic carbocycles. The molecular formula is C11H13NO2. The highest BCUT2D eigenvalue weighted by molar-refractivity contribution is 5.92. The Balaban J connectivity index is 2.06. The molecule has 0 saturated carbocycles. The van der Waals surface area contributed by atoms with Crippen LogP contribution in [0.1, 0.15) is 19.6 Å². The Bertz CT molecular complexity index is 361. The van der Waals surface area contributed by atoms with Crippen LogP contribution in [0.5, 0.6) is 0 Å². The lowest BCUT2D eigenvalue weighted by Crippen LogP contribution is -2.17. The van der Waals surface area contributed by atoms with Gasteiger partial charge in [-0.1, -0.05) is 0 Å². The summed E-state index contributed by atoms with van der Waals surface area (Å²) in [6.07, 6.45) is 5.31. The van der Waals surface area contributed by atoms with Crippen molar-refractivity contribution in [2.24, 2.45) is 4.99 Å². The van der Waals surface area contributed by atoms with E-state index in [1.54, 1.807) is 6.26 Å². The highest BCUT2D eigenvalue weighted by Crippen LogP contribution is 2.17. The van der Waals surface area contributed by atoms with E-state index in [-0.39, 0.29) is 5.54 Å². The molecule has 14 heavy (non-hydrogen) atoms. The van der Waals surface area contributed by atoms with E-state index in [1.165, 1.54) is 0 Å². The van der Waals surface area contributed by atoms with Crippen molar-refractivity contribution in [2.45, 2.75) is 19.4 Å². The van der Waals surface area contributed by atoms with Crippen molar-refractivity contribution in [2.75, 3.05) is 6.61 Å². The summed E-state index contributed by atoms with van der Waals surface area (Å²) in [5.41, 5.74) is -0.0944. The molecule has 3 nitrogen and oxygen atoms in total. The molecule has 3 heteroatoms. The topological polar surface area (TPSA) is 34.7 Å². The molecular weight excluding hydrogens is 178 g/mol. The minimum atomic E-state index is -0.0944. The maximum Gasteiger partial charge on any atom is 0.209 e. The van der Waals surface area contributed by atoms with Crippen LogP contribution in [-0.4, -0.2) is 18.0 Å². The minimum absolute atomic E-state index is 0.0944. The lowest BCUT2D eigenvalue weighted by molar-refractivity contribution is 0.280. The summed E-state index contributed by atoms with van der Waals surface area (Å²) in [4.78, 5) is 4.39. The van der Waals surface area contributed by atoms with Crippen molar-refractivity contribution in [3.8, 4) is 0 Å². The number of furan rings is 1. The number of aliphatic imine (C=N–C) groups is 1. The van der Waals surface area contributed by atoms with Crippen molar-refractivity contribution in [1.29, 1.82) is 0 Å². The normalized spacial score (nSPS) is 19.7. The summed E-state index contributed by atoms with van der Waals surface area (Å²) in [5.74, 6) is 1.48. The molecule has 2 rings (SSSR count). The van der Waals surface area contributed by atoms with Crippen LogP contribution in [0.3, 0.4) is 0 Å². The first-order valence-electron chi connectivity index (χ1n) is 4.60. The zero-order chi connectivity index (χ0) is 10.0. The van der Waals surface area contributed by atoms with Gasteiger partial charge in [0.1, 0.15) is 12.4 Å². The number of ether oxygens (including phenoxy) is 1. The molecule has 0 saturated heterocycles. The van der Waals surface area contributed by atoms with Crippen molar-refractivity contribution >= 4 is 12.0 Å². The van der Waals surface area contributed by atoms with Gasteiger partial charge in [0.25, 0.3) is 0 Å². The molecule has 1 aromatic rings. The molecule has 0 atom stereocenters. The molecule has 2 heterocycles. The summed E-state index contributed by atoms with van der Waals surface area (Å²) < 4.78 is 10.5. The van der Waals surface area contributed by atoms with Gasteiger partial charge >= 0.3 is 0 Å². The number of hydrogen-bond acceptors (Lipinski definition) is 3.